The van der Waals surface area contributed by atoms with Gasteiger partial charge in [0.2, 0.25) is 0 Å². The summed E-state index contributed by atoms with van der Waals surface area (Å²) in [5.41, 5.74) is 0. The fourth-order valence-corrected chi connectivity index (χ4v) is 7.93. The predicted octanol–water partition coefficient (Wildman–Crippen LogP) is 17.7. The normalized spacial score (nSPS) is 11.6. The van der Waals surface area contributed by atoms with Crippen LogP contribution in [-0.2, 0) is 14.3 Å². The zero-order valence-corrected chi connectivity index (χ0v) is 37.4. The maximum atomic E-state index is 12.1. The van der Waals surface area contributed by atoms with Crippen LogP contribution in [0.15, 0.2) is 12.2 Å². The average Bonchev–Trinajstić information content (AvgIpc) is 3.18. The third-order valence-electron chi connectivity index (χ3n) is 11.7. The Morgan fingerprint density at radius 3 is 0.909 bits per heavy atom. The number of carbonyl (C=O) groups is 2. The number of allylic oxidation sites excluding steroid dienone is 2. The highest BCUT2D eigenvalue weighted by Gasteiger charge is 2.03. The van der Waals surface area contributed by atoms with Crippen LogP contribution in [0.25, 0.3) is 0 Å². The lowest BCUT2D eigenvalue weighted by Crippen LogP contribution is -2.05. The first-order chi connectivity index (χ1) is 27.2. The molecule has 0 aromatic carbocycles. The lowest BCUT2D eigenvalue weighted by Gasteiger charge is -2.06. The molecule has 55 heavy (non-hydrogen) atoms. The number of carboxylic acids is 1. The average molecular weight is 775 g/mol. The highest BCUT2D eigenvalue weighted by molar-refractivity contribution is 5.69. The highest BCUT2D eigenvalue weighted by Crippen LogP contribution is 2.17. The van der Waals surface area contributed by atoms with Gasteiger partial charge in [-0.15, -0.1) is 0 Å². The Bertz CT molecular complexity index is 777. The van der Waals surface area contributed by atoms with Gasteiger partial charge >= 0.3 is 11.9 Å². The number of carboxylic acid groups (broad SMARTS) is 1. The second kappa shape index (κ2) is 48.8. The second-order valence-corrected chi connectivity index (χ2v) is 17.3. The summed E-state index contributed by atoms with van der Waals surface area (Å²) in [6.45, 7) is 2.91. The fourth-order valence-electron chi connectivity index (χ4n) is 7.93. The molecule has 0 rings (SSSR count). The molecular formula is C51H98O4. The van der Waals surface area contributed by atoms with E-state index in [1.54, 1.807) is 0 Å². The third-order valence-corrected chi connectivity index (χ3v) is 11.7. The van der Waals surface area contributed by atoms with Crippen LogP contribution in [-0.4, -0.2) is 23.7 Å². The highest BCUT2D eigenvalue weighted by atomic mass is 16.5. The van der Waals surface area contributed by atoms with Crippen molar-refractivity contribution in [3.63, 3.8) is 0 Å². The molecule has 0 heterocycles. The summed E-state index contributed by atoms with van der Waals surface area (Å²) < 4.78 is 5.49. The third kappa shape index (κ3) is 50.7. The Labute approximate surface area is 345 Å². The number of hydrogen-bond donors (Lipinski definition) is 1. The van der Waals surface area contributed by atoms with E-state index in [0.29, 0.717) is 19.4 Å². The van der Waals surface area contributed by atoms with Gasteiger partial charge in [-0.05, 0) is 44.9 Å². The zero-order chi connectivity index (χ0) is 39.8. The number of esters is 1. The van der Waals surface area contributed by atoms with Gasteiger partial charge in [0.1, 0.15) is 0 Å². The largest absolute Gasteiger partial charge is 0.481 e. The summed E-state index contributed by atoms with van der Waals surface area (Å²) in [5.74, 6) is -0.635. The molecule has 0 aliphatic carbocycles. The molecule has 0 bridgehead atoms. The molecule has 0 spiro atoms. The first-order valence-corrected chi connectivity index (χ1v) is 25.2. The molecule has 0 saturated carbocycles. The van der Waals surface area contributed by atoms with E-state index in [0.717, 1.165) is 25.7 Å². The van der Waals surface area contributed by atoms with Gasteiger partial charge in [-0.2, -0.15) is 0 Å². The molecule has 326 valence electrons. The molecule has 0 radical (unpaired) electrons. The van der Waals surface area contributed by atoms with E-state index >= 15 is 0 Å². The molecule has 4 heteroatoms. The molecule has 4 nitrogen and oxygen atoms in total. The van der Waals surface area contributed by atoms with Crippen LogP contribution in [0.4, 0.5) is 0 Å². The van der Waals surface area contributed by atoms with Crippen LogP contribution in [0, 0.1) is 0 Å². The number of rotatable bonds is 48. The van der Waals surface area contributed by atoms with Crippen molar-refractivity contribution in [2.45, 2.75) is 296 Å². The SMILES string of the molecule is CCCCCCCCC=CCCCCCCCCCCCCCC(=O)OCCCCCCCCCCCCCCCCCCCCCCCCCCC(=O)O. The van der Waals surface area contributed by atoms with E-state index in [4.69, 9.17) is 9.84 Å². The first kappa shape index (κ1) is 53.7. The first-order valence-electron chi connectivity index (χ1n) is 25.2. The van der Waals surface area contributed by atoms with Crippen molar-refractivity contribution < 1.29 is 19.4 Å². The molecule has 0 aliphatic heterocycles. The summed E-state index contributed by atoms with van der Waals surface area (Å²) in [6.07, 6.45) is 62.8. The van der Waals surface area contributed by atoms with Gasteiger partial charge in [-0.25, -0.2) is 0 Å². The molecule has 0 unspecified atom stereocenters. The van der Waals surface area contributed by atoms with Gasteiger partial charge in [0, 0.05) is 12.8 Å². The topological polar surface area (TPSA) is 63.6 Å². The Balaban J connectivity index is 3.17. The van der Waals surface area contributed by atoms with Crippen LogP contribution in [0.3, 0.4) is 0 Å². The van der Waals surface area contributed by atoms with Crippen LogP contribution in [0.5, 0.6) is 0 Å². The Morgan fingerprint density at radius 1 is 0.345 bits per heavy atom. The van der Waals surface area contributed by atoms with E-state index in [1.807, 2.05) is 0 Å². The van der Waals surface area contributed by atoms with Crippen molar-refractivity contribution >= 4 is 11.9 Å². The van der Waals surface area contributed by atoms with Gasteiger partial charge in [-0.3, -0.25) is 9.59 Å². The lowest BCUT2D eigenvalue weighted by molar-refractivity contribution is -0.144. The van der Waals surface area contributed by atoms with Crippen molar-refractivity contribution in [2.75, 3.05) is 6.61 Å². The minimum Gasteiger partial charge on any atom is -0.481 e. The Hall–Kier alpha value is -1.32. The van der Waals surface area contributed by atoms with Crippen molar-refractivity contribution in [2.24, 2.45) is 0 Å². The van der Waals surface area contributed by atoms with Crippen LogP contribution in [0.2, 0.25) is 0 Å². The molecule has 0 aromatic heterocycles. The molecule has 0 saturated heterocycles. The minimum absolute atomic E-state index is 0.0199. The van der Waals surface area contributed by atoms with Crippen molar-refractivity contribution in [3.05, 3.63) is 12.2 Å². The summed E-state index contributed by atoms with van der Waals surface area (Å²) in [7, 11) is 0. The molecule has 0 atom stereocenters. The molecule has 0 aromatic rings. The number of hydrogen-bond acceptors (Lipinski definition) is 3. The van der Waals surface area contributed by atoms with Crippen molar-refractivity contribution in [3.8, 4) is 0 Å². The molecule has 0 aliphatic rings. The molecule has 1 N–H and O–H groups in total. The van der Waals surface area contributed by atoms with Gasteiger partial charge in [-0.1, -0.05) is 250 Å². The standard InChI is InChI=1S/C51H98O4/c1-2-3-4-5-6-7-8-9-10-11-12-17-21-24-27-30-33-36-39-42-45-48-51(54)55-49-46-43-40-37-34-31-28-25-22-19-16-14-13-15-18-20-23-26-29-32-35-38-41-44-47-50(52)53/h9-10H,2-8,11-49H2,1H3,(H,52,53). The smallest absolute Gasteiger partial charge is 0.305 e. The van der Waals surface area contributed by atoms with Crippen molar-refractivity contribution in [1.29, 1.82) is 0 Å². The number of unbranched alkanes of at least 4 members (excludes halogenated alkanes) is 40. The van der Waals surface area contributed by atoms with Gasteiger partial charge in [0.25, 0.3) is 0 Å². The van der Waals surface area contributed by atoms with Crippen molar-refractivity contribution in [1.82, 2.24) is 0 Å². The van der Waals surface area contributed by atoms with E-state index in [-0.39, 0.29) is 5.97 Å². The minimum atomic E-state index is -0.655. The van der Waals surface area contributed by atoms with Crippen LogP contribution >= 0.6 is 0 Å². The summed E-state index contributed by atoms with van der Waals surface area (Å²) >= 11 is 0. The molecule has 0 amide bonds. The van der Waals surface area contributed by atoms with E-state index < -0.39 is 5.97 Å². The number of ether oxygens (including phenoxy) is 1. The van der Waals surface area contributed by atoms with E-state index in [9.17, 15) is 9.59 Å². The maximum absolute atomic E-state index is 12.1. The monoisotopic (exact) mass is 775 g/mol. The Kier molecular flexibility index (Phi) is 47.7. The molecular weight excluding hydrogens is 677 g/mol. The van der Waals surface area contributed by atoms with Gasteiger partial charge in [0.15, 0.2) is 0 Å². The lowest BCUT2D eigenvalue weighted by atomic mass is 10.0. The summed E-state index contributed by atoms with van der Waals surface area (Å²) in [6, 6.07) is 0. The van der Waals surface area contributed by atoms with E-state index in [2.05, 4.69) is 19.1 Å². The number of carbonyl (C=O) groups excluding carboxylic acids is 1. The maximum Gasteiger partial charge on any atom is 0.305 e. The van der Waals surface area contributed by atoms with Crippen LogP contribution < -0.4 is 0 Å². The predicted molar refractivity (Wildman–Crippen MR) is 241 cm³/mol. The van der Waals surface area contributed by atoms with Gasteiger partial charge in [0.05, 0.1) is 6.61 Å². The van der Waals surface area contributed by atoms with Gasteiger partial charge < -0.3 is 9.84 Å². The summed E-state index contributed by atoms with van der Waals surface area (Å²) in [5, 5.41) is 8.66. The zero-order valence-electron chi connectivity index (χ0n) is 37.4. The summed E-state index contributed by atoms with van der Waals surface area (Å²) in [4.78, 5) is 22.6. The molecule has 0 fully saturated rings. The quantitative estimate of drug-likeness (QED) is 0.0380. The number of aliphatic carboxylic acids is 1. The Morgan fingerprint density at radius 2 is 0.600 bits per heavy atom. The van der Waals surface area contributed by atoms with Crippen LogP contribution in [0.1, 0.15) is 296 Å². The second-order valence-electron chi connectivity index (χ2n) is 17.3. The van der Waals surface area contributed by atoms with E-state index in [1.165, 1.54) is 250 Å². The fraction of sp³-hybridized carbons (Fsp3) is 0.922.